The van der Waals surface area contributed by atoms with E-state index in [-0.39, 0.29) is 0 Å². The van der Waals surface area contributed by atoms with Gasteiger partial charge in [-0.15, -0.1) is 0 Å². The fourth-order valence-corrected chi connectivity index (χ4v) is 3.98. The molecule has 3 nitrogen and oxygen atoms in total. The summed E-state index contributed by atoms with van der Waals surface area (Å²) in [5, 5.41) is 13.4. The molecule has 1 saturated heterocycles. The van der Waals surface area contributed by atoms with Crippen LogP contribution in [0.4, 0.5) is 5.69 Å². The number of nitrogens with zero attached hydrogens (tertiary/aromatic N) is 1. The zero-order chi connectivity index (χ0) is 16.9. The van der Waals surface area contributed by atoms with Crippen molar-refractivity contribution >= 4 is 5.69 Å². The van der Waals surface area contributed by atoms with Gasteiger partial charge in [-0.1, -0.05) is 40.2 Å². The Morgan fingerprint density at radius 1 is 1.22 bits per heavy atom. The van der Waals surface area contributed by atoms with Crippen LogP contribution >= 0.6 is 0 Å². The highest BCUT2D eigenvalue weighted by Gasteiger charge is 2.26. The van der Waals surface area contributed by atoms with Gasteiger partial charge in [0.2, 0.25) is 0 Å². The Balaban J connectivity index is 2.28. The Bertz CT molecular complexity index is 492. The second-order valence-electron chi connectivity index (χ2n) is 7.70. The molecule has 0 spiro atoms. The van der Waals surface area contributed by atoms with Crippen LogP contribution in [-0.2, 0) is 0 Å². The Hall–Kier alpha value is -1.22. The van der Waals surface area contributed by atoms with Gasteiger partial charge in [-0.2, -0.15) is 0 Å². The van der Waals surface area contributed by atoms with Gasteiger partial charge in [0, 0.05) is 37.9 Å². The summed E-state index contributed by atoms with van der Waals surface area (Å²) in [6.45, 7) is 13.4. The normalized spacial score (nSPS) is 17.3. The number of hydrogen-bond acceptors (Lipinski definition) is 3. The summed E-state index contributed by atoms with van der Waals surface area (Å²) < 4.78 is 0. The molecule has 1 aromatic carbocycles. The van der Waals surface area contributed by atoms with Crippen molar-refractivity contribution in [3.8, 4) is 5.75 Å². The Kier molecular flexibility index (Phi) is 6.34. The van der Waals surface area contributed by atoms with Crippen molar-refractivity contribution in [1.29, 1.82) is 0 Å². The predicted octanol–water partition coefficient (Wildman–Crippen LogP) is 4.51. The number of benzene rings is 1. The molecule has 2 rings (SSSR count). The summed E-state index contributed by atoms with van der Waals surface area (Å²) in [6.07, 6.45) is 4.87. The SMILES string of the molecule is CCCC(C)(C)CC(CC)c1ccc(O)cc1N1CCNCC1. The highest BCUT2D eigenvalue weighted by molar-refractivity contribution is 5.59. The van der Waals surface area contributed by atoms with E-state index in [2.05, 4.69) is 44.0 Å². The fraction of sp³-hybridized carbons (Fsp3) is 0.700. The van der Waals surface area contributed by atoms with E-state index in [1.807, 2.05) is 12.1 Å². The molecule has 1 fully saturated rings. The largest absolute Gasteiger partial charge is 0.508 e. The summed E-state index contributed by atoms with van der Waals surface area (Å²) in [6, 6.07) is 5.98. The van der Waals surface area contributed by atoms with Crippen LogP contribution in [0.3, 0.4) is 0 Å². The lowest BCUT2D eigenvalue weighted by Crippen LogP contribution is -2.44. The van der Waals surface area contributed by atoms with Crippen molar-refractivity contribution in [2.75, 3.05) is 31.1 Å². The monoisotopic (exact) mass is 318 g/mol. The maximum atomic E-state index is 10.00. The summed E-state index contributed by atoms with van der Waals surface area (Å²) >= 11 is 0. The third kappa shape index (κ3) is 4.87. The molecule has 1 aliphatic rings. The third-order valence-electron chi connectivity index (χ3n) is 5.13. The lowest BCUT2D eigenvalue weighted by molar-refractivity contribution is 0.275. The van der Waals surface area contributed by atoms with E-state index in [9.17, 15) is 5.11 Å². The molecule has 23 heavy (non-hydrogen) atoms. The Labute approximate surface area is 142 Å². The second-order valence-corrected chi connectivity index (χ2v) is 7.70. The molecule has 2 N–H and O–H groups in total. The Morgan fingerprint density at radius 2 is 1.91 bits per heavy atom. The lowest BCUT2D eigenvalue weighted by atomic mass is 9.76. The first-order valence-corrected chi connectivity index (χ1v) is 9.25. The van der Waals surface area contributed by atoms with Crippen LogP contribution < -0.4 is 10.2 Å². The van der Waals surface area contributed by atoms with Crippen molar-refractivity contribution in [2.24, 2.45) is 5.41 Å². The number of aromatic hydroxyl groups is 1. The Morgan fingerprint density at radius 3 is 2.52 bits per heavy atom. The number of phenolic OH excluding ortho intramolecular Hbond substituents is 1. The molecule has 1 heterocycles. The quantitative estimate of drug-likeness (QED) is 0.776. The van der Waals surface area contributed by atoms with E-state index < -0.39 is 0 Å². The zero-order valence-electron chi connectivity index (χ0n) is 15.4. The highest BCUT2D eigenvalue weighted by Crippen LogP contribution is 2.41. The first kappa shape index (κ1) is 18.1. The van der Waals surface area contributed by atoms with E-state index in [4.69, 9.17) is 0 Å². The molecule has 1 aromatic rings. The number of rotatable bonds is 7. The van der Waals surface area contributed by atoms with E-state index in [0.29, 0.717) is 17.1 Å². The average Bonchev–Trinajstić information content (AvgIpc) is 2.53. The zero-order valence-corrected chi connectivity index (χ0v) is 15.4. The van der Waals surface area contributed by atoms with Crippen molar-refractivity contribution in [2.45, 2.75) is 59.3 Å². The topological polar surface area (TPSA) is 35.5 Å². The molecule has 0 bridgehead atoms. The molecular weight excluding hydrogens is 284 g/mol. The van der Waals surface area contributed by atoms with E-state index in [1.54, 1.807) is 0 Å². The highest BCUT2D eigenvalue weighted by atomic mass is 16.3. The number of phenols is 1. The molecule has 0 radical (unpaired) electrons. The van der Waals surface area contributed by atoms with Gasteiger partial charge in [0.1, 0.15) is 5.75 Å². The van der Waals surface area contributed by atoms with Crippen LogP contribution in [0.5, 0.6) is 5.75 Å². The molecule has 0 aromatic heterocycles. The minimum Gasteiger partial charge on any atom is -0.508 e. The number of anilines is 1. The standard InChI is InChI=1S/C20H34N2O/c1-5-9-20(3,4)15-16(6-2)18-8-7-17(23)14-19(18)22-12-10-21-11-13-22/h7-8,14,16,21,23H,5-6,9-13,15H2,1-4H3. The molecule has 0 amide bonds. The van der Waals surface area contributed by atoms with Crippen molar-refractivity contribution < 1.29 is 5.11 Å². The maximum Gasteiger partial charge on any atom is 0.117 e. The molecule has 1 unspecified atom stereocenters. The van der Waals surface area contributed by atoms with Crippen molar-refractivity contribution in [3.05, 3.63) is 23.8 Å². The predicted molar refractivity (Wildman–Crippen MR) is 99.5 cm³/mol. The van der Waals surface area contributed by atoms with Gasteiger partial charge in [-0.3, -0.25) is 0 Å². The molecule has 0 saturated carbocycles. The molecule has 1 atom stereocenters. The van der Waals surface area contributed by atoms with Gasteiger partial charge in [-0.25, -0.2) is 0 Å². The van der Waals surface area contributed by atoms with Gasteiger partial charge in [0.15, 0.2) is 0 Å². The number of piperazine rings is 1. The van der Waals surface area contributed by atoms with Crippen LogP contribution in [0.25, 0.3) is 0 Å². The summed E-state index contributed by atoms with van der Waals surface area (Å²) in [5.41, 5.74) is 3.02. The first-order chi connectivity index (χ1) is 11.0. The third-order valence-corrected chi connectivity index (χ3v) is 5.13. The van der Waals surface area contributed by atoms with Gasteiger partial charge in [0.25, 0.3) is 0 Å². The molecule has 1 aliphatic heterocycles. The molecule has 130 valence electrons. The smallest absolute Gasteiger partial charge is 0.117 e. The maximum absolute atomic E-state index is 10.00. The van der Waals surface area contributed by atoms with Crippen LogP contribution in [0.2, 0.25) is 0 Å². The molecule has 0 aliphatic carbocycles. The van der Waals surface area contributed by atoms with Crippen LogP contribution in [0.15, 0.2) is 18.2 Å². The van der Waals surface area contributed by atoms with E-state index in [1.165, 1.54) is 30.5 Å². The van der Waals surface area contributed by atoms with Crippen molar-refractivity contribution in [1.82, 2.24) is 5.32 Å². The average molecular weight is 319 g/mol. The number of hydrogen-bond donors (Lipinski definition) is 2. The summed E-state index contributed by atoms with van der Waals surface area (Å²) in [5.74, 6) is 0.937. The summed E-state index contributed by atoms with van der Waals surface area (Å²) in [7, 11) is 0. The molecular formula is C20H34N2O. The van der Waals surface area contributed by atoms with Crippen LogP contribution in [0.1, 0.15) is 64.9 Å². The minimum absolute atomic E-state index is 0.369. The van der Waals surface area contributed by atoms with Crippen LogP contribution in [-0.4, -0.2) is 31.3 Å². The van der Waals surface area contributed by atoms with Gasteiger partial charge in [0.05, 0.1) is 0 Å². The number of nitrogens with one attached hydrogen (secondary N) is 1. The fourth-order valence-electron chi connectivity index (χ4n) is 3.98. The minimum atomic E-state index is 0.369. The van der Waals surface area contributed by atoms with Gasteiger partial charge in [-0.05, 0) is 42.2 Å². The van der Waals surface area contributed by atoms with E-state index in [0.717, 1.165) is 32.6 Å². The van der Waals surface area contributed by atoms with Gasteiger partial charge >= 0.3 is 0 Å². The van der Waals surface area contributed by atoms with Crippen LogP contribution in [0, 0.1) is 5.41 Å². The molecule has 3 heteroatoms. The van der Waals surface area contributed by atoms with Crippen molar-refractivity contribution in [3.63, 3.8) is 0 Å². The van der Waals surface area contributed by atoms with E-state index >= 15 is 0 Å². The first-order valence-electron chi connectivity index (χ1n) is 9.25. The lowest BCUT2D eigenvalue weighted by Gasteiger charge is -2.35. The second kappa shape index (κ2) is 8.05. The van der Waals surface area contributed by atoms with Gasteiger partial charge < -0.3 is 15.3 Å². The summed E-state index contributed by atoms with van der Waals surface area (Å²) in [4.78, 5) is 2.43.